The minimum atomic E-state index is -1.28. The zero-order valence-corrected chi connectivity index (χ0v) is 23.0. The summed E-state index contributed by atoms with van der Waals surface area (Å²) in [5.74, 6) is 2.24. The molecule has 1 atom stereocenters. The molecule has 1 unspecified atom stereocenters. The van der Waals surface area contributed by atoms with E-state index in [1.807, 2.05) is 0 Å². The molecule has 2 aliphatic rings. The first-order valence-electron chi connectivity index (χ1n) is 12.1. The van der Waals surface area contributed by atoms with Gasteiger partial charge in [-0.2, -0.15) is 0 Å². The third-order valence-corrected chi connectivity index (χ3v) is 8.11. The van der Waals surface area contributed by atoms with Crippen LogP contribution in [0, 0.1) is 0 Å². The van der Waals surface area contributed by atoms with Crippen LogP contribution in [-0.2, 0) is 16.0 Å². The van der Waals surface area contributed by atoms with Crippen molar-refractivity contribution < 1.29 is 37.8 Å². The maximum Gasteiger partial charge on any atom is 0.254 e. The summed E-state index contributed by atoms with van der Waals surface area (Å²) < 4.78 is 39.7. The summed E-state index contributed by atoms with van der Waals surface area (Å²) in [7, 11) is 7.57. The number of piperazine rings is 1. The molecule has 2 aliphatic heterocycles. The van der Waals surface area contributed by atoms with Crippen molar-refractivity contribution in [1.82, 2.24) is 9.80 Å². The van der Waals surface area contributed by atoms with Crippen molar-refractivity contribution in [3.63, 3.8) is 0 Å². The lowest BCUT2D eigenvalue weighted by Crippen LogP contribution is -2.51. The van der Waals surface area contributed by atoms with Crippen LogP contribution in [0.3, 0.4) is 0 Å². The minimum absolute atomic E-state index is 0.121. The number of amides is 2. The lowest BCUT2D eigenvalue weighted by Gasteiger charge is -2.35. The van der Waals surface area contributed by atoms with E-state index in [9.17, 15) is 14.1 Å². The molecular weight excluding hydrogens is 512 g/mol. The zero-order valence-electron chi connectivity index (χ0n) is 22.2. The van der Waals surface area contributed by atoms with Crippen molar-refractivity contribution in [2.75, 3.05) is 67.5 Å². The fourth-order valence-corrected chi connectivity index (χ4v) is 5.87. The number of hydrogen-bond donors (Lipinski definition) is 0. The molecule has 2 amide bonds. The average molecular weight is 545 g/mol. The number of hydrogen-bond acceptors (Lipinski definition) is 8. The Kier molecular flexibility index (Phi) is 8.58. The summed E-state index contributed by atoms with van der Waals surface area (Å²) in [5, 5.41) is 0. The topological polar surface area (TPSA) is 110 Å². The molecule has 1 saturated heterocycles. The Bertz CT molecular complexity index is 1210. The molecule has 0 saturated carbocycles. The number of carbonyl (C=O) groups excluding carboxylic acids is 2. The second-order valence-corrected chi connectivity index (χ2v) is 10.3. The van der Waals surface area contributed by atoms with Crippen LogP contribution in [0.4, 0.5) is 0 Å². The van der Waals surface area contributed by atoms with Crippen LogP contribution in [0.1, 0.15) is 22.3 Å². The fourth-order valence-electron chi connectivity index (χ4n) is 4.63. The van der Waals surface area contributed by atoms with Crippen molar-refractivity contribution in [2.24, 2.45) is 0 Å². The predicted molar refractivity (Wildman–Crippen MR) is 142 cm³/mol. The van der Waals surface area contributed by atoms with Gasteiger partial charge in [0.25, 0.3) is 5.91 Å². The smallest absolute Gasteiger partial charge is 0.254 e. The number of carbonyl (C=O) groups is 2. The highest BCUT2D eigenvalue weighted by molar-refractivity contribution is 7.91. The average Bonchev–Trinajstić information content (AvgIpc) is 3.12. The molecule has 0 N–H and O–H groups in total. The molecule has 4 rings (SSSR count). The number of fused-ring (bicyclic) bond motifs is 1. The molecule has 0 bridgehead atoms. The van der Waals surface area contributed by atoms with Crippen LogP contribution < -0.4 is 23.7 Å². The molecule has 1 fully saturated rings. The van der Waals surface area contributed by atoms with Crippen molar-refractivity contribution in [3.8, 4) is 28.7 Å². The Labute approximate surface area is 225 Å². The van der Waals surface area contributed by atoms with Gasteiger partial charge in [0.1, 0.15) is 5.75 Å². The number of methoxy groups -OCH3 is 5. The van der Waals surface area contributed by atoms with Gasteiger partial charge in [-0.25, -0.2) is 0 Å². The Morgan fingerprint density at radius 2 is 1.26 bits per heavy atom. The first-order valence-corrected chi connectivity index (χ1v) is 13.4. The highest BCUT2D eigenvalue weighted by Crippen LogP contribution is 2.39. The number of benzene rings is 2. The molecule has 10 nitrogen and oxygen atoms in total. The predicted octanol–water partition coefficient (Wildman–Crippen LogP) is 2.61. The van der Waals surface area contributed by atoms with E-state index in [1.54, 1.807) is 40.1 Å². The van der Waals surface area contributed by atoms with Gasteiger partial charge in [-0.15, -0.1) is 0 Å². The normalized spacial score (nSPS) is 17.1. The molecule has 0 aliphatic carbocycles. The van der Waals surface area contributed by atoms with Crippen LogP contribution in [0.15, 0.2) is 34.7 Å². The van der Waals surface area contributed by atoms with Crippen molar-refractivity contribution in [1.29, 1.82) is 0 Å². The Hall–Kier alpha value is -3.57. The van der Waals surface area contributed by atoms with Crippen LogP contribution in [0.25, 0.3) is 6.08 Å². The maximum atomic E-state index is 13.4. The van der Waals surface area contributed by atoms with Crippen LogP contribution in [0.5, 0.6) is 28.7 Å². The summed E-state index contributed by atoms with van der Waals surface area (Å²) in [6.45, 7) is 1.52. The Morgan fingerprint density at radius 3 is 1.79 bits per heavy atom. The lowest BCUT2D eigenvalue weighted by molar-refractivity contribution is -0.128. The van der Waals surface area contributed by atoms with Gasteiger partial charge in [0.15, 0.2) is 27.9 Å². The summed E-state index contributed by atoms with van der Waals surface area (Å²) >= 11 is -1.28. The van der Waals surface area contributed by atoms with E-state index in [4.69, 9.17) is 23.7 Å². The van der Waals surface area contributed by atoms with Gasteiger partial charge in [0.05, 0.1) is 35.5 Å². The molecule has 204 valence electrons. The minimum Gasteiger partial charge on any atom is -0.611 e. The zero-order chi connectivity index (χ0) is 27.4. The summed E-state index contributed by atoms with van der Waals surface area (Å²) in [4.78, 5) is 30.7. The molecule has 0 radical (unpaired) electrons. The van der Waals surface area contributed by atoms with Gasteiger partial charge in [-0.3, -0.25) is 9.59 Å². The van der Waals surface area contributed by atoms with Gasteiger partial charge < -0.3 is 38.0 Å². The van der Waals surface area contributed by atoms with Gasteiger partial charge in [-0.05, 0) is 35.5 Å². The number of ether oxygens (including phenoxy) is 5. The van der Waals surface area contributed by atoms with Crippen molar-refractivity contribution in [3.05, 3.63) is 41.0 Å². The molecule has 2 aromatic carbocycles. The third kappa shape index (κ3) is 5.34. The fraction of sp³-hybridized carbons (Fsp3) is 0.407. The Balaban J connectivity index is 1.49. The number of rotatable bonds is 7. The van der Waals surface area contributed by atoms with Crippen LogP contribution in [0.2, 0.25) is 0 Å². The molecule has 0 aromatic heterocycles. The van der Waals surface area contributed by atoms with Crippen molar-refractivity contribution in [2.45, 2.75) is 11.3 Å². The first kappa shape index (κ1) is 27.5. The second kappa shape index (κ2) is 11.9. The van der Waals surface area contributed by atoms with Crippen LogP contribution in [-0.4, -0.2) is 93.6 Å². The standard InChI is InChI=1S/C27H32N2O8S/c1-33-20-13-18-12-17(6-11-38(32)24(18)16-21(20)34-2)26(30)28-7-9-29(10-8-28)27(31)19-14-22(35-3)25(37-5)23(15-19)36-4/h12-16H,6-11H2,1-5H3. The second-order valence-electron chi connectivity index (χ2n) is 8.71. The van der Waals surface area contributed by atoms with E-state index in [2.05, 4.69) is 0 Å². The van der Waals surface area contributed by atoms with E-state index < -0.39 is 11.2 Å². The monoisotopic (exact) mass is 544 g/mol. The van der Waals surface area contributed by atoms with Crippen LogP contribution >= 0.6 is 0 Å². The van der Waals surface area contributed by atoms with Crippen molar-refractivity contribution >= 4 is 29.1 Å². The highest BCUT2D eigenvalue weighted by atomic mass is 32.2. The molecular formula is C27H32N2O8S. The van der Waals surface area contributed by atoms with E-state index in [-0.39, 0.29) is 11.8 Å². The van der Waals surface area contributed by atoms with Gasteiger partial charge in [0.2, 0.25) is 11.7 Å². The first-order chi connectivity index (χ1) is 18.3. The summed E-state index contributed by atoms with van der Waals surface area (Å²) in [6.07, 6.45) is 2.17. The summed E-state index contributed by atoms with van der Waals surface area (Å²) in [6, 6.07) is 6.71. The number of nitrogens with zero attached hydrogens (tertiary/aromatic N) is 2. The largest absolute Gasteiger partial charge is 0.611 e. The van der Waals surface area contributed by atoms with E-state index in [1.165, 1.54) is 35.5 Å². The van der Waals surface area contributed by atoms with E-state index >= 15 is 0 Å². The molecule has 0 spiro atoms. The highest BCUT2D eigenvalue weighted by Gasteiger charge is 2.31. The Morgan fingerprint density at radius 1 is 0.737 bits per heavy atom. The van der Waals surface area contributed by atoms with Gasteiger partial charge in [0, 0.05) is 55.4 Å². The molecule has 11 heteroatoms. The maximum absolute atomic E-state index is 13.4. The molecule has 38 heavy (non-hydrogen) atoms. The quantitative estimate of drug-likeness (QED) is 0.490. The lowest BCUT2D eigenvalue weighted by atomic mass is 10.1. The molecule has 2 heterocycles. The van der Waals surface area contributed by atoms with Gasteiger partial charge >= 0.3 is 0 Å². The van der Waals surface area contributed by atoms with Gasteiger partial charge in [-0.1, -0.05) is 0 Å². The SMILES string of the molecule is COc1cc2c(cc1OC)[S+]([O-])CCC(C(=O)N1CCN(C(=O)c3cc(OC)c(OC)c(OC)c3)CC1)=C2. The van der Waals surface area contributed by atoms with E-state index in [0.29, 0.717) is 88.7 Å². The third-order valence-electron chi connectivity index (χ3n) is 6.69. The van der Waals surface area contributed by atoms with E-state index in [0.717, 1.165) is 0 Å². The molecule has 2 aromatic rings. The summed E-state index contributed by atoms with van der Waals surface area (Å²) in [5.41, 5.74) is 1.67.